The second-order valence-corrected chi connectivity index (χ2v) is 2.55. The number of nitrogens with zero attached hydrogens (tertiary/aromatic N) is 1. The lowest BCUT2D eigenvalue weighted by molar-refractivity contribution is -0.150. The molecule has 0 amide bonds. The summed E-state index contributed by atoms with van der Waals surface area (Å²) in [4.78, 5) is 11.1. The zero-order valence-corrected chi connectivity index (χ0v) is 7.26. The summed E-state index contributed by atoms with van der Waals surface area (Å²) in [7, 11) is 0. The van der Waals surface area contributed by atoms with Gasteiger partial charge in [0.2, 0.25) is 0 Å². The predicted molar refractivity (Wildman–Crippen MR) is 43.8 cm³/mol. The van der Waals surface area contributed by atoms with E-state index in [-0.39, 0.29) is 13.0 Å². The highest BCUT2D eigenvalue weighted by atomic mass is 16.5. The summed E-state index contributed by atoms with van der Waals surface area (Å²) in [6, 6.07) is 1.85. The monoisotopic (exact) mass is 165 g/mol. The minimum absolute atomic E-state index is 0.0856. The van der Waals surface area contributed by atoms with Crippen LogP contribution in [-0.4, -0.2) is 12.6 Å². The van der Waals surface area contributed by atoms with Crippen LogP contribution in [0.5, 0.6) is 0 Å². The number of hydrogen-bond acceptors (Lipinski definition) is 3. The summed E-state index contributed by atoms with van der Waals surface area (Å²) in [5.41, 5.74) is -1.19. The quantitative estimate of drug-likeness (QED) is 0.465. The van der Waals surface area contributed by atoms with Gasteiger partial charge in [-0.05, 0) is 13.8 Å². The van der Waals surface area contributed by atoms with Crippen molar-refractivity contribution in [3.63, 3.8) is 0 Å². The molecule has 0 aromatic rings. The molecule has 0 fully saturated rings. The van der Waals surface area contributed by atoms with E-state index in [1.54, 1.807) is 6.92 Å². The molecule has 0 radical (unpaired) electrons. The second-order valence-electron chi connectivity index (χ2n) is 2.55. The Morgan fingerprint density at radius 3 is 2.67 bits per heavy atom. The number of carbonyl (C=O) groups excluding carboxylic acids is 1. The maximum absolute atomic E-state index is 11.1. The molecule has 0 bridgehead atoms. The summed E-state index contributed by atoms with van der Waals surface area (Å²) < 4.78 is 4.69. The molecule has 3 nitrogen and oxygen atoms in total. The van der Waals surface area contributed by atoms with Gasteiger partial charge in [0.25, 0.3) is 0 Å². The SMILES string of the molecule is C#CCC(C)(C#N)C(=O)OCC. The Labute approximate surface area is 72.3 Å². The Balaban J connectivity index is 4.45. The van der Waals surface area contributed by atoms with Crippen molar-refractivity contribution in [1.82, 2.24) is 0 Å². The van der Waals surface area contributed by atoms with Crippen molar-refractivity contribution in [2.24, 2.45) is 5.41 Å². The summed E-state index contributed by atoms with van der Waals surface area (Å²) in [5.74, 6) is 1.72. The maximum atomic E-state index is 11.1. The summed E-state index contributed by atoms with van der Waals surface area (Å²) in [5, 5.41) is 8.67. The zero-order valence-electron chi connectivity index (χ0n) is 7.26. The minimum Gasteiger partial charge on any atom is -0.465 e. The fraction of sp³-hybridized carbons (Fsp3) is 0.556. The highest BCUT2D eigenvalue weighted by Crippen LogP contribution is 2.21. The molecule has 0 saturated carbocycles. The fourth-order valence-electron chi connectivity index (χ4n) is 0.652. The van der Waals surface area contributed by atoms with Crippen LogP contribution in [0.2, 0.25) is 0 Å². The first-order chi connectivity index (χ1) is 5.60. The average Bonchev–Trinajstić information content (AvgIpc) is 2.05. The first-order valence-electron chi connectivity index (χ1n) is 3.62. The van der Waals surface area contributed by atoms with Crippen LogP contribution in [0.1, 0.15) is 20.3 Å². The molecule has 0 rings (SSSR count). The highest BCUT2D eigenvalue weighted by Gasteiger charge is 2.33. The largest absolute Gasteiger partial charge is 0.465 e. The predicted octanol–water partition coefficient (Wildman–Crippen LogP) is 1.10. The standard InChI is InChI=1S/C9H11NO2/c1-4-6-9(3,7-10)8(11)12-5-2/h1H,5-6H2,2-3H3. The van der Waals surface area contributed by atoms with Gasteiger partial charge in [0, 0.05) is 6.42 Å². The van der Waals surface area contributed by atoms with Crippen molar-refractivity contribution in [3.05, 3.63) is 0 Å². The van der Waals surface area contributed by atoms with E-state index in [0.717, 1.165) is 0 Å². The number of nitriles is 1. The Morgan fingerprint density at radius 2 is 2.33 bits per heavy atom. The van der Waals surface area contributed by atoms with Crippen molar-refractivity contribution >= 4 is 5.97 Å². The van der Waals surface area contributed by atoms with E-state index < -0.39 is 11.4 Å². The normalized spacial score (nSPS) is 13.7. The van der Waals surface area contributed by atoms with Crippen LogP contribution in [0.3, 0.4) is 0 Å². The van der Waals surface area contributed by atoms with Gasteiger partial charge in [-0.15, -0.1) is 12.3 Å². The van der Waals surface area contributed by atoms with Gasteiger partial charge in [-0.3, -0.25) is 4.79 Å². The number of terminal acetylenes is 1. The molecular weight excluding hydrogens is 154 g/mol. The number of carbonyl (C=O) groups is 1. The molecule has 0 N–H and O–H groups in total. The van der Waals surface area contributed by atoms with Gasteiger partial charge in [0.1, 0.15) is 0 Å². The number of rotatable bonds is 3. The number of ether oxygens (including phenoxy) is 1. The molecule has 0 aromatic carbocycles. The molecule has 1 atom stereocenters. The van der Waals surface area contributed by atoms with Crippen LogP contribution < -0.4 is 0 Å². The van der Waals surface area contributed by atoms with Crippen LogP contribution in [0.4, 0.5) is 0 Å². The van der Waals surface area contributed by atoms with E-state index in [9.17, 15) is 4.79 Å². The van der Waals surface area contributed by atoms with Gasteiger partial charge < -0.3 is 4.74 Å². The molecule has 3 heteroatoms. The zero-order chi connectivity index (χ0) is 9.61. The molecule has 0 heterocycles. The van der Waals surface area contributed by atoms with Crippen LogP contribution in [0.15, 0.2) is 0 Å². The molecule has 0 spiro atoms. The molecule has 0 saturated heterocycles. The van der Waals surface area contributed by atoms with Crippen LogP contribution >= 0.6 is 0 Å². The van der Waals surface area contributed by atoms with Gasteiger partial charge in [-0.1, -0.05) is 0 Å². The number of hydrogen-bond donors (Lipinski definition) is 0. The second kappa shape index (κ2) is 4.41. The molecule has 0 aromatic heterocycles. The van der Waals surface area contributed by atoms with E-state index in [4.69, 9.17) is 16.4 Å². The Bertz CT molecular complexity index is 246. The third-order valence-corrected chi connectivity index (χ3v) is 1.43. The van der Waals surface area contributed by atoms with Crippen LogP contribution in [0.25, 0.3) is 0 Å². The van der Waals surface area contributed by atoms with Gasteiger partial charge in [-0.2, -0.15) is 5.26 Å². The van der Waals surface area contributed by atoms with E-state index in [0.29, 0.717) is 0 Å². The summed E-state index contributed by atoms with van der Waals surface area (Å²) in [6.45, 7) is 3.43. The Kier molecular flexibility index (Phi) is 3.86. The van der Waals surface area contributed by atoms with Gasteiger partial charge in [0.05, 0.1) is 12.7 Å². The van der Waals surface area contributed by atoms with E-state index >= 15 is 0 Å². The molecule has 1 unspecified atom stereocenters. The van der Waals surface area contributed by atoms with E-state index in [2.05, 4.69) is 5.92 Å². The van der Waals surface area contributed by atoms with Crippen molar-refractivity contribution in [2.45, 2.75) is 20.3 Å². The van der Waals surface area contributed by atoms with Crippen molar-refractivity contribution in [2.75, 3.05) is 6.61 Å². The number of esters is 1. The smallest absolute Gasteiger partial charge is 0.327 e. The summed E-state index contributed by atoms with van der Waals surface area (Å²) >= 11 is 0. The van der Waals surface area contributed by atoms with Gasteiger partial charge >= 0.3 is 5.97 Å². The molecule has 64 valence electrons. The lowest BCUT2D eigenvalue weighted by Gasteiger charge is -2.15. The Morgan fingerprint density at radius 1 is 1.75 bits per heavy atom. The lowest BCUT2D eigenvalue weighted by atomic mass is 9.89. The van der Waals surface area contributed by atoms with Crippen molar-refractivity contribution in [1.29, 1.82) is 5.26 Å². The molecule has 12 heavy (non-hydrogen) atoms. The molecule has 0 aliphatic heterocycles. The molecule has 0 aliphatic carbocycles. The van der Waals surface area contributed by atoms with E-state index in [1.165, 1.54) is 6.92 Å². The van der Waals surface area contributed by atoms with Gasteiger partial charge in [0.15, 0.2) is 5.41 Å². The summed E-state index contributed by atoms with van der Waals surface area (Å²) in [6.07, 6.45) is 5.10. The topological polar surface area (TPSA) is 50.1 Å². The van der Waals surface area contributed by atoms with E-state index in [1.807, 2.05) is 6.07 Å². The van der Waals surface area contributed by atoms with Crippen LogP contribution in [0, 0.1) is 29.1 Å². The van der Waals surface area contributed by atoms with Crippen molar-refractivity contribution in [3.8, 4) is 18.4 Å². The average molecular weight is 165 g/mol. The van der Waals surface area contributed by atoms with Gasteiger partial charge in [-0.25, -0.2) is 0 Å². The molecular formula is C9H11NO2. The minimum atomic E-state index is -1.19. The first-order valence-corrected chi connectivity index (χ1v) is 3.62. The van der Waals surface area contributed by atoms with Crippen molar-refractivity contribution < 1.29 is 9.53 Å². The maximum Gasteiger partial charge on any atom is 0.327 e. The fourth-order valence-corrected chi connectivity index (χ4v) is 0.652. The third-order valence-electron chi connectivity index (χ3n) is 1.43. The molecule has 0 aliphatic rings. The van der Waals surface area contributed by atoms with Crippen LogP contribution in [-0.2, 0) is 9.53 Å². The Hall–Kier alpha value is -1.48. The third kappa shape index (κ3) is 2.29. The highest BCUT2D eigenvalue weighted by molar-refractivity contribution is 5.79. The lowest BCUT2D eigenvalue weighted by Crippen LogP contribution is -2.27. The first kappa shape index (κ1) is 10.5.